The van der Waals surface area contributed by atoms with Gasteiger partial charge in [0.2, 0.25) is 0 Å². The van der Waals surface area contributed by atoms with Crippen molar-refractivity contribution < 1.29 is 0 Å². The molecule has 0 spiro atoms. The fourth-order valence-corrected chi connectivity index (χ4v) is 2.51. The number of aryl methyl sites for hydroxylation is 1. The van der Waals surface area contributed by atoms with Crippen LogP contribution in [-0.2, 0) is 20.5 Å². The number of benzene rings is 1. The Hall–Kier alpha value is -2.34. The minimum absolute atomic E-state index is 0.330. The Labute approximate surface area is 124 Å². The first kappa shape index (κ1) is 13.6. The van der Waals surface area contributed by atoms with Crippen molar-refractivity contribution in [2.45, 2.75) is 6.42 Å². The van der Waals surface area contributed by atoms with Gasteiger partial charge in [-0.1, -0.05) is 23.7 Å². The van der Waals surface area contributed by atoms with Gasteiger partial charge in [-0.2, -0.15) is 0 Å². The minimum atomic E-state index is -0.395. The minimum Gasteiger partial charge on any atom is -0.336 e. The molecule has 0 aliphatic carbocycles. The van der Waals surface area contributed by atoms with Gasteiger partial charge in [-0.05, 0) is 17.7 Å². The molecule has 0 atom stereocenters. The highest BCUT2D eigenvalue weighted by Crippen LogP contribution is 2.14. The van der Waals surface area contributed by atoms with E-state index in [2.05, 4.69) is 9.97 Å². The first-order chi connectivity index (χ1) is 9.97. The number of imidazole rings is 1. The number of nitrogens with one attached hydrogen (secondary N) is 1. The number of aromatic amines is 1. The fourth-order valence-electron chi connectivity index (χ4n) is 2.30. The summed E-state index contributed by atoms with van der Waals surface area (Å²) in [5.74, 6) is 0.616. The Balaban J connectivity index is 2.14. The molecule has 21 heavy (non-hydrogen) atoms. The summed E-state index contributed by atoms with van der Waals surface area (Å²) >= 11 is 5.95. The summed E-state index contributed by atoms with van der Waals surface area (Å²) in [6.45, 7) is 0. The lowest BCUT2D eigenvalue weighted by Crippen LogP contribution is -2.36. The predicted octanol–water partition coefficient (Wildman–Crippen LogP) is 1.20. The fraction of sp³-hybridized carbons (Fsp3) is 0.214. The molecule has 0 aliphatic rings. The molecule has 2 heterocycles. The van der Waals surface area contributed by atoms with Crippen molar-refractivity contribution in [3.8, 4) is 0 Å². The van der Waals surface area contributed by atoms with Crippen molar-refractivity contribution in [1.82, 2.24) is 19.1 Å². The molecular weight excluding hydrogens is 292 g/mol. The standard InChI is InChI=1S/C14H13ClN4O2/c1-18-12-11(13(20)19(2)14(18)21)16-10(17-12)7-8-4-3-5-9(15)6-8/h3-6H,7H2,1-2H3,(H,16,17). The van der Waals surface area contributed by atoms with Crippen LogP contribution in [0, 0.1) is 0 Å². The number of halogens is 1. The van der Waals surface area contributed by atoms with E-state index in [1.54, 1.807) is 13.1 Å². The molecule has 0 saturated heterocycles. The molecule has 3 aromatic rings. The van der Waals surface area contributed by atoms with Gasteiger partial charge in [0, 0.05) is 25.5 Å². The van der Waals surface area contributed by atoms with Gasteiger partial charge in [0.15, 0.2) is 5.65 Å². The summed E-state index contributed by atoms with van der Waals surface area (Å²) in [7, 11) is 3.04. The largest absolute Gasteiger partial charge is 0.336 e. The van der Waals surface area contributed by atoms with Crippen molar-refractivity contribution in [1.29, 1.82) is 0 Å². The number of fused-ring (bicyclic) bond motifs is 1. The number of hydrogen-bond acceptors (Lipinski definition) is 3. The number of rotatable bonds is 2. The lowest BCUT2D eigenvalue weighted by molar-refractivity contribution is 0.708. The summed E-state index contributed by atoms with van der Waals surface area (Å²) < 4.78 is 2.42. The molecule has 0 fully saturated rings. The number of H-pyrrole nitrogens is 1. The van der Waals surface area contributed by atoms with E-state index in [1.165, 1.54) is 11.6 Å². The van der Waals surface area contributed by atoms with E-state index in [1.807, 2.05) is 18.2 Å². The molecule has 2 aromatic heterocycles. The molecule has 0 unspecified atom stereocenters. The number of hydrogen-bond donors (Lipinski definition) is 1. The molecule has 0 amide bonds. The molecule has 3 rings (SSSR count). The lowest BCUT2D eigenvalue weighted by atomic mass is 10.1. The van der Waals surface area contributed by atoms with Crippen molar-refractivity contribution in [3.05, 3.63) is 61.5 Å². The SMILES string of the molecule is Cn1c(=O)c2[nH]c(Cc3cccc(Cl)c3)nc2n(C)c1=O. The quantitative estimate of drug-likeness (QED) is 0.773. The van der Waals surface area contributed by atoms with E-state index < -0.39 is 5.69 Å². The smallest absolute Gasteiger partial charge is 0.332 e. The highest BCUT2D eigenvalue weighted by atomic mass is 35.5. The second kappa shape index (κ2) is 4.89. The van der Waals surface area contributed by atoms with E-state index in [0.717, 1.165) is 10.1 Å². The highest BCUT2D eigenvalue weighted by molar-refractivity contribution is 6.30. The molecule has 0 bridgehead atoms. The van der Waals surface area contributed by atoms with Crippen LogP contribution in [0.25, 0.3) is 11.2 Å². The van der Waals surface area contributed by atoms with Crippen LogP contribution in [0.3, 0.4) is 0 Å². The van der Waals surface area contributed by atoms with Crippen molar-refractivity contribution in [2.24, 2.45) is 14.1 Å². The highest BCUT2D eigenvalue weighted by Gasteiger charge is 2.13. The van der Waals surface area contributed by atoms with Gasteiger partial charge in [-0.15, -0.1) is 0 Å². The maximum absolute atomic E-state index is 12.1. The summed E-state index contributed by atoms with van der Waals surface area (Å²) in [5, 5.41) is 0.645. The third-order valence-electron chi connectivity index (χ3n) is 3.40. The average molecular weight is 305 g/mol. The predicted molar refractivity (Wildman–Crippen MR) is 80.8 cm³/mol. The number of nitrogens with zero attached hydrogens (tertiary/aromatic N) is 3. The molecule has 1 N–H and O–H groups in total. The van der Waals surface area contributed by atoms with E-state index in [0.29, 0.717) is 28.4 Å². The maximum Gasteiger partial charge on any atom is 0.332 e. The molecule has 0 saturated carbocycles. The summed E-state index contributed by atoms with van der Waals surface area (Å²) in [4.78, 5) is 31.3. The Morgan fingerprint density at radius 1 is 1.24 bits per heavy atom. The van der Waals surface area contributed by atoms with Gasteiger partial charge in [0.25, 0.3) is 5.56 Å². The first-order valence-electron chi connectivity index (χ1n) is 6.36. The van der Waals surface area contributed by atoms with Gasteiger partial charge in [0.1, 0.15) is 11.3 Å². The van der Waals surface area contributed by atoms with Crippen molar-refractivity contribution in [2.75, 3.05) is 0 Å². The normalized spacial score (nSPS) is 11.2. The van der Waals surface area contributed by atoms with Crippen LogP contribution in [0.4, 0.5) is 0 Å². The van der Waals surface area contributed by atoms with Crippen LogP contribution in [-0.4, -0.2) is 19.1 Å². The third-order valence-corrected chi connectivity index (χ3v) is 3.64. The van der Waals surface area contributed by atoms with Gasteiger partial charge in [0.05, 0.1) is 0 Å². The van der Waals surface area contributed by atoms with Gasteiger partial charge in [-0.3, -0.25) is 13.9 Å². The Kier molecular flexibility index (Phi) is 3.17. The molecule has 108 valence electrons. The summed E-state index contributed by atoms with van der Waals surface area (Å²) in [6.07, 6.45) is 0.507. The van der Waals surface area contributed by atoms with Crippen LogP contribution >= 0.6 is 11.6 Å². The average Bonchev–Trinajstić information content (AvgIpc) is 2.87. The molecule has 0 radical (unpaired) electrons. The summed E-state index contributed by atoms with van der Waals surface area (Å²) in [5.41, 5.74) is 0.895. The van der Waals surface area contributed by atoms with Crippen LogP contribution < -0.4 is 11.2 Å². The van der Waals surface area contributed by atoms with E-state index in [-0.39, 0.29) is 5.56 Å². The van der Waals surface area contributed by atoms with Crippen LogP contribution in [0.5, 0.6) is 0 Å². The molecular formula is C14H13ClN4O2. The summed E-state index contributed by atoms with van der Waals surface area (Å²) in [6, 6.07) is 7.42. The molecule has 6 nitrogen and oxygen atoms in total. The lowest BCUT2D eigenvalue weighted by Gasteiger charge is -2.00. The van der Waals surface area contributed by atoms with Crippen LogP contribution in [0.15, 0.2) is 33.9 Å². The van der Waals surface area contributed by atoms with E-state index in [4.69, 9.17) is 11.6 Å². The molecule has 1 aromatic carbocycles. The van der Waals surface area contributed by atoms with Crippen molar-refractivity contribution in [3.63, 3.8) is 0 Å². The zero-order chi connectivity index (χ0) is 15.1. The van der Waals surface area contributed by atoms with E-state index in [9.17, 15) is 9.59 Å². The second-order valence-electron chi connectivity index (χ2n) is 4.89. The maximum atomic E-state index is 12.1. The van der Waals surface area contributed by atoms with Crippen LogP contribution in [0.1, 0.15) is 11.4 Å². The number of aromatic nitrogens is 4. The zero-order valence-electron chi connectivity index (χ0n) is 11.6. The Bertz CT molecular complexity index is 952. The molecule has 0 aliphatic heterocycles. The van der Waals surface area contributed by atoms with Gasteiger partial charge >= 0.3 is 5.69 Å². The monoisotopic (exact) mass is 304 g/mol. The Morgan fingerprint density at radius 2 is 2.00 bits per heavy atom. The van der Waals surface area contributed by atoms with Gasteiger partial charge in [-0.25, -0.2) is 9.78 Å². The van der Waals surface area contributed by atoms with E-state index >= 15 is 0 Å². The zero-order valence-corrected chi connectivity index (χ0v) is 12.3. The van der Waals surface area contributed by atoms with Crippen LogP contribution in [0.2, 0.25) is 5.02 Å². The van der Waals surface area contributed by atoms with Gasteiger partial charge < -0.3 is 4.98 Å². The topological polar surface area (TPSA) is 72.7 Å². The first-order valence-corrected chi connectivity index (χ1v) is 6.74. The second-order valence-corrected chi connectivity index (χ2v) is 5.33. The third kappa shape index (κ3) is 2.27. The Morgan fingerprint density at radius 3 is 2.71 bits per heavy atom. The van der Waals surface area contributed by atoms with Crippen molar-refractivity contribution >= 4 is 22.8 Å². The molecule has 7 heteroatoms.